The number of nitrogens with zero attached hydrogens (tertiary/aromatic N) is 3. The van der Waals surface area contributed by atoms with Crippen molar-refractivity contribution in [2.45, 2.75) is 48.1 Å². The molecule has 192 valence electrons. The minimum absolute atomic E-state index is 0.121. The number of rotatable bonds is 6. The van der Waals surface area contributed by atoms with Gasteiger partial charge in [-0.1, -0.05) is 40.7 Å². The molecule has 3 heterocycles. The number of phenols is 1. The van der Waals surface area contributed by atoms with Crippen LogP contribution in [-0.2, 0) is 11.3 Å². The zero-order valence-electron chi connectivity index (χ0n) is 21.4. The van der Waals surface area contributed by atoms with Crippen LogP contribution < -0.4 is 10.6 Å². The average Bonchev–Trinajstić information content (AvgIpc) is 3.48. The number of hydrogen-bond acceptors (Lipinski definition) is 9. The molecule has 10 heteroatoms. The number of benzene rings is 1. The van der Waals surface area contributed by atoms with Crippen molar-refractivity contribution in [2.75, 3.05) is 36.9 Å². The monoisotopic (exact) mass is 503 g/mol. The van der Waals surface area contributed by atoms with Crippen molar-refractivity contribution in [3.63, 3.8) is 0 Å². The number of para-hydroxylation sites is 1. The summed E-state index contributed by atoms with van der Waals surface area (Å²) in [6.45, 7) is 14.8. The van der Waals surface area contributed by atoms with E-state index in [1.807, 2.05) is 32.9 Å². The van der Waals surface area contributed by atoms with E-state index in [1.54, 1.807) is 23.1 Å². The number of aromatic hydroxyl groups is 1. The molecule has 0 unspecified atom stereocenters. The maximum Gasteiger partial charge on any atom is 0.257 e. The van der Waals surface area contributed by atoms with Crippen LogP contribution in [0.15, 0.2) is 34.7 Å². The van der Waals surface area contributed by atoms with Crippen LogP contribution >= 0.6 is 11.7 Å². The smallest absolute Gasteiger partial charge is 0.257 e. The van der Waals surface area contributed by atoms with Crippen LogP contribution in [-0.4, -0.2) is 51.0 Å². The highest BCUT2D eigenvalue weighted by Crippen LogP contribution is 2.33. The van der Waals surface area contributed by atoms with Crippen LogP contribution in [0.5, 0.6) is 5.75 Å². The summed E-state index contributed by atoms with van der Waals surface area (Å²) in [7, 11) is 0. The van der Waals surface area contributed by atoms with Gasteiger partial charge in [-0.25, -0.2) is 0 Å². The third-order valence-corrected chi connectivity index (χ3v) is 5.06. The Morgan fingerprint density at radius 2 is 1.77 bits per heavy atom. The van der Waals surface area contributed by atoms with Gasteiger partial charge >= 0.3 is 0 Å². The molecule has 0 bridgehead atoms. The Kier molecular flexibility index (Phi) is 11.5. The van der Waals surface area contributed by atoms with Crippen molar-refractivity contribution in [3.8, 4) is 5.75 Å². The molecule has 0 saturated carbocycles. The quantitative estimate of drug-likeness (QED) is 0.369. The first-order chi connectivity index (χ1) is 16.8. The van der Waals surface area contributed by atoms with Crippen molar-refractivity contribution >= 4 is 35.0 Å². The number of aryl methyl sites for hydroxylation is 1. The second kappa shape index (κ2) is 14.3. The van der Waals surface area contributed by atoms with E-state index in [4.69, 9.17) is 9.15 Å². The number of nitrogens with one attached hydrogen (secondary N) is 2. The molecule has 0 radical (unpaired) electrons. The van der Waals surface area contributed by atoms with Crippen LogP contribution in [0, 0.1) is 12.8 Å². The van der Waals surface area contributed by atoms with Gasteiger partial charge in [0, 0.05) is 13.1 Å². The highest BCUT2D eigenvalue weighted by Gasteiger charge is 2.23. The van der Waals surface area contributed by atoms with Gasteiger partial charge in [0.1, 0.15) is 11.5 Å². The normalized spacial score (nSPS) is 12.8. The van der Waals surface area contributed by atoms with E-state index in [0.29, 0.717) is 50.2 Å². The van der Waals surface area contributed by atoms with Crippen LogP contribution in [0.1, 0.15) is 56.5 Å². The fraction of sp³-hybridized carbons (Fsp3) is 0.480. The Hall–Kier alpha value is -3.11. The Morgan fingerprint density at radius 3 is 2.40 bits per heavy atom. The second-order valence-corrected chi connectivity index (χ2v) is 8.82. The Morgan fingerprint density at radius 1 is 1.11 bits per heavy atom. The standard InChI is InChI=1S/C19H21N5O4S.C4H10.C2H6/c1-12-5-6-13(28-12)11-20-17-18(23-29-22-17)21-15-4-2-3-14(16(15)25)19(26)24-7-9-27-10-8-24;1-4(2)3;1-2/h2-6,25H,7-11H2,1H3,(H,20,22)(H,21,23);4H,1-3H3;1-2H3. The lowest BCUT2D eigenvalue weighted by Crippen LogP contribution is -2.40. The zero-order chi connectivity index (χ0) is 25.8. The first-order valence-electron chi connectivity index (χ1n) is 11.9. The number of hydrogen-bond donors (Lipinski definition) is 3. The molecule has 4 rings (SSSR count). The van der Waals surface area contributed by atoms with Crippen molar-refractivity contribution < 1.29 is 19.1 Å². The Labute approximate surface area is 211 Å². The van der Waals surface area contributed by atoms with Crippen LogP contribution in [0.2, 0.25) is 0 Å². The molecule has 3 N–H and O–H groups in total. The molecule has 9 nitrogen and oxygen atoms in total. The molecule has 0 aliphatic carbocycles. The first kappa shape index (κ1) is 28.1. The number of ether oxygens (including phenoxy) is 1. The van der Waals surface area contributed by atoms with Gasteiger partial charge in [0.25, 0.3) is 5.91 Å². The lowest BCUT2D eigenvalue weighted by molar-refractivity contribution is 0.0301. The minimum atomic E-state index is -0.225. The van der Waals surface area contributed by atoms with E-state index >= 15 is 0 Å². The maximum atomic E-state index is 12.7. The molecule has 1 aliphatic rings. The van der Waals surface area contributed by atoms with E-state index in [9.17, 15) is 9.90 Å². The summed E-state index contributed by atoms with van der Waals surface area (Å²) in [4.78, 5) is 14.4. The summed E-state index contributed by atoms with van der Waals surface area (Å²) < 4.78 is 19.3. The maximum absolute atomic E-state index is 12.7. The fourth-order valence-electron chi connectivity index (χ4n) is 3.02. The number of morpholine rings is 1. The SMILES string of the molecule is CC.CC(C)C.Cc1ccc(CNc2nsnc2Nc2cccc(C(=O)N3CCOCC3)c2O)o1. The van der Waals surface area contributed by atoms with E-state index < -0.39 is 0 Å². The number of carbonyl (C=O) groups is 1. The first-order valence-corrected chi connectivity index (χ1v) is 12.7. The number of anilines is 3. The summed E-state index contributed by atoms with van der Waals surface area (Å²) in [5, 5.41) is 16.9. The highest BCUT2D eigenvalue weighted by atomic mass is 32.1. The molecule has 1 aliphatic heterocycles. The third-order valence-electron chi connectivity index (χ3n) is 4.53. The Bertz CT molecular complexity index is 1040. The largest absolute Gasteiger partial charge is 0.505 e. The second-order valence-electron chi connectivity index (χ2n) is 8.29. The van der Waals surface area contributed by atoms with Gasteiger partial charge in [-0.05, 0) is 37.1 Å². The lowest BCUT2D eigenvalue weighted by atomic mass is 10.1. The average molecular weight is 504 g/mol. The predicted octanol–water partition coefficient (Wildman–Crippen LogP) is 5.66. The van der Waals surface area contributed by atoms with Crippen molar-refractivity contribution in [1.29, 1.82) is 0 Å². The summed E-state index contributed by atoms with van der Waals surface area (Å²) in [5.74, 6) is 3.10. The summed E-state index contributed by atoms with van der Waals surface area (Å²) in [5.41, 5.74) is 0.620. The third kappa shape index (κ3) is 8.56. The zero-order valence-corrected chi connectivity index (χ0v) is 22.2. The molecule has 1 amide bonds. The van der Waals surface area contributed by atoms with Crippen LogP contribution in [0.25, 0.3) is 0 Å². The molecule has 1 fully saturated rings. The number of aromatic nitrogens is 2. The van der Waals surface area contributed by atoms with Crippen molar-refractivity contribution in [2.24, 2.45) is 5.92 Å². The fourth-order valence-corrected chi connectivity index (χ4v) is 3.51. The predicted molar refractivity (Wildman–Crippen MR) is 141 cm³/mol. The summed E-state index contributed by atoms with van der Waals surface area (Å²) >= 11 is 1.04. The van der Waals surface area contributed by atoms with Gasteiger partial charge in [0.2, 0.25) is 0 Å². The topological polar surface area (TPSA) is 113 Å². The van der Waals surface area contributed by atoms with Crippen molar-refractivity contribution in [1.82, 2.24) is 13.6 Å². The highest BCUT2D eigenvalue weighted by molar-refractivity contribution is 6.99. The van der Waals surface area contributed by atoms with E-state index in [1.165, 1.54) is 0 Å². The van der Waals surface area contributed by atoms with Gasteiger partial charge in [-0.2, -0.15) is 8.75 Å². The van der Waals surface area contributed by atoms with Crippen LogP contribution in [0.3, 0.4) is 0 Å². The Balaban J connectivity index is 0.000000655. The van der Waals surface area contributed by atoms with Gasteiger partial charge in [0.15, 0.2) is 17.4 Å². The van der Waals surface area contributed by atoms with Crippen LogP contribution in [0.4, 0.5) is 17.3 Å². The molecule has 35 heavy (non-hydrogen) atoms. The van der Waals surface area contributed by atoms with E-state index in [0.717, 1.165) is 29.2 Å². The van der Waals surface area contributed by atoms with E-state index in [-0.39, 0.29) is 17.2 Å². The number of carbonyl (C=O) groups excluding carboxylic acids is 1. The van der Waals surface area contributed by atoms with Gasteiger partial charge in [-0.3, -0.25) is 4.79 Å². The molecule has 3 aromatic rings. The summed E-state index contributed by atoms with van der Waals surface area (Å²) in [6, 6.07) is 8.79. The van der Waals surface area contributed by atoms with E-state index in [2.05, 4.69) is 40.2 Å². The molecule has 0 spiro atoms. The van der Waals surface area contributed by atoms with Gasteiger partial charge < -0.3 is 29.8 Å². The lowest BCUT2D eigenvalue weighted by Gasteiger charge is -2.27. The summed E-state index contributed by atoms with van der Waals surface area (Å²) in [6.07, 6.45) is 0. The number of furan rings is 1. The molecular weight excluding hydrogens is 466 g/mol. The van der Waals surface area contributed by atoms with Crippen molar-refractivity contribution in [3.05, 3.63) is 47.4 Å². The molecule has 0 atom stereocenters. The molecule has 2 aromatic heterocycles. The minimum Gasteiger partial charge on any atom is -0.505 e. The molecule has 1 aromatic carbocycles. The number of amides is 1. The van der Waals surface area contributed by atoms with Gasteiger partial charge in [0.05, 0.1) is 42.7 Å². The molecular formula is C25H37N5O4S. The number of phenolic OH excluding ortho intramolecular Hbond substituents is 1. The van der Waals surface area contributed by atoms with Gasteiger partial charge in [-0.15, -0.1) is 0 Å². The molecule has 1 saturated heterocycles.